The molecule has 0 aromatic carbocycles. The first-order valence-corrected chi connectivity index (χ1v) is 6.46. The van der Waals surface area contributed by atoms with Crippen LogP contribution in [0.3, 0.4) is 0 Å². The van der Waals surface area contributed by atoms with E-state index in [4.69, 9.17) is 0 Å². The molecule has 0 aliphatic carbocycles. The average molecular weight is 276 g/mol. The van der Waals surface area contributed by atoms with Gasteiger partial charge in [-0.05, 0) is 25.5 Å². The Morgan fingerprint density at radius 2 is 2.29 bits per heavy atom. The van der Waals surface area contributed by atoms with Crippen LogP contribution in [0.1, 0.15) is 21.7 Å². The molecule has 1 heterocycles. The predicted octanol–water partition coefficient (Wildman–Crippen LogP) is 2.77. The molecule has 0 unspecified atom stereocenters. The fourth-order valence-corrected chi connectivity index (χ4v) is 2.45. The van der Waals surface area contributed by atoms with Crippen molar-refractivity contribution in [2.75, 3.05) is 5.33 Å². The average Bonchev–Trinajstić information content (AvgIpc) is 2.44. The summed E-state index contributed by atoms with van der Waals surface area (Å²) in [6.45, 7) is 4.85. The maximum Gasteiger partial charge on any atom is 0.221 e. The third kappa shape index (κ3) is 3.42. The topological polar surface area (TPSA) is 29.1 Å². The van der Waals surface area contributed by atoms with Gasteiger partial charge in [-0.3, -0.25) is 4.79 Å². The number of carbonyl (C=O) groups excluding carboxylic acids is 1. The molecule has 1 aromatic rings. The molecule has 0 aliphatic heterocycles. The van der Waals surface area contributed by atoms with Gasteiger partial charge in [0.25, 0.3) is 0 Å². The van der Waals surface area contributed by atoms with Crippen LogP contribution in [0, 0.1) is 13.8 Å². The molecule has 1 amide bonds. The van der Waals surface area contributed by atoms with Crippen LogP contribution in [0.5, 0.6) is 0 Å². The van der Waals surface area contributed by atoms with Crippen molar-refractivity contribution in [1.29, 1.82) is 0 Å². The van der Waals surface area contributed by atoms with Gasteiger partial charge in [-0.15, -0.1) is 11.3 Å². The van der Waals surface area contributed by atoms with Gasteiger partial charge in [0.05, 0.1) is 6.54 Å². The Balaban J connectivity index is 2.42. The predicted molar refractivity (Wildman–Crippen MR) is 64.1 cm³/mol. The second-order valence-corrected chi connectivity index (χ2v) is 5.30. The number of amides is 1. The van der Waals surface area contributed by atoms with Crippen molar-refractivity contribution in [2.24, 2.45) is 0 Å². The number of halogens is 1. The molecule has 1 aromatic heterocycles. The second-order valence-electron chi connectivity index (χ2n) is 3.17. The summed E-state index contributed by atoms with van der Waals surface area (Å²) in [5.74, 6) is 0.102. The van der Waals surface area contributed by atoms with Crippen LogP contribution in [0.4, 0.5) is 0 Å². The number of carbonyl (C=O) groups is 1. The largest absolute Gasteiger partial charge is 0.351 e. The molecule has 0 radical (unpaired) electrons. The molecule has 1 N–H and O–H groups in total. The normalized spacial score (nSPS) is 10.2. The first kappa shape index (κ1) is 11.7. The van der Waals surface area contributed by atoms with Gasteiger partial charge in [0.2, 0.25) is 5.91 Å². The molecule has 0 atom stereocenters. The van der Waals surface area contributed by atoms with E-state index in [1.807, 2.05) is 0 Å². The van der Waals surface area contributed by atoms with Gasteiger partial charge in [-0.1, -0.05) is 15.9 Å². The fourth-order valence-electron chi connectivity index (χ4n) is 1.10. The minimum absolute atomic E-state index is 0.102. The third-order valence-corrected chi connectivity index (χ3v) is 3.55. The minimum atomic E-state index is 0.102. The zero-order valence-electron chi connectivity index (χ0n) is 8.39. The molecule has 1 rings (SSSR count). The fraction of sp³-hybridized carbons (Fsp3) is 0.500. The van der Waals surface area contributed by atoms with E-state index in [0.717, 1.165) is 5.33 Å². The van der Waals surface area contributed by atoms with E-state index in [-0.39, 0.29) is 5.91 Å². The van der Waals surface area contributed by atoms with Gasteiger partial charge in [-0.25, -0.2) is 0 Å². The van der Waals surface area contributed by atoms with Crippen molar-refractivity contribution in [2.45, 2.75) is 26.8 Å². The Bertz CT molecular complexity index is 302. The van der Waals surface area contributed by atoms with Crippen LogP contribution in [0.2, 0.25) is 0 Å². The Labute approximate surface area is 96.8 Å². The summed E-state index contributed by atoms with van der Waals surface area (Å²) in [7, 11) is 0. The maximum absolute atomic E-state index is 11.2. The lowest BCUT2D eigenvalue weighted by atomic mass is 10.3. The highest BCUT2D eigenvalue weighted by Gasteiger charge is 2.03. The molecular weight excluding hydrogens is 262 g/mol. The molecule has 0 saturated heterocycles. The Morgan fingerprint density at radius 3 is 2.79 bits per heavy atom. The number of alkyl halides is 1. The molecule has 0 aliphatic rings. The Hall–Kier alpha value is -0.350. The summed E-state index contributed by atoms with van der Waals surface area (Å²) in [6.07, 6.45) is 0.545. The Kier molecular flexibility index (Phi) is 4.62. The molecule has 0 spiro atoms. The van der Waals surface area contributed by atoms with Crippen LogP contribution in [-0.2, 0) is 11.3 Å². The van der Waals surface area contributed by atoms with Gasteiger partial charge >= 0.3 is 0 Å². The van der Waals surface area contributed by atoms with Gasteiger partial charge in [-0.2, -0.15) is 0 Å². The quantitative estimate of drug-likeness (QED) is 0.842. The third-order valence-electron chi connectivity index (χ3n) is 2.00. The second kappa shape index (κ2) is 5.51. The summed E-state index contributed by atoms with van der Waals surface area (Å²) in [6, 6.07) is 2.13. The van der Waals surface area contributed by atoms with E-state index >= 15 is 0 Å². The van der Waals surface area contributed by atoms with E-state index in [1.54, 1.807) is 11.3 Å². The van der Waals surface area contributed by atoms with Crippen LogP contribution in [-0.4, -0.2) is 11.2 Å². The van der Waals surface area contributed by atoms with Crippen LogP contribution in [0.25, 0.3) is 0 Å². The number of nitrogens with one attached hydrogen (secondary N) is 1. The molecular formula is C10H14BrNOS. The van der Waals surface area contributed by atoms with E-state index in [2.05, 4.69) is 41.2 Å². The lowest BCUT2D eigenvalue weighted by molar-refractivity contribution is -0.120. The highest BCUT2D eigenvalue weighted by Crippen LogP contribution is 2.20. The highest BCUT2D eigenvalue weighted by atomic mass is 79.9. The van der Waals surface area contributed by atoms with Gasteiger partial charge < -0.3 is 5.32 Å². The zero-order chi connectivity index (χ0) is 10.6. The molecule has 4 heteroatoms. The SMILES string of the molecule is Cc1cc(CNC(=O)CCBr)sc1C. The summed E-state index contributed by atoms with van der Waals surface area (Å²) >= 11 is 4.98. The highest BCUT2D eigenvalue weighted by molar-refractivity contribution is 9.09. The molecule has 14 heavy (non-hydrogen) atoms. The zero-order valence-corrected chi connectivity index (χ0v) is 10.8. The number of aryl methyl sites for hydroxylation is 2. The van der Waals surface area contributed by atoms with E-state index in [1.165, 1.54) is 15.3 Å². The summed E-state index contributed by atoms with van der Waals surface area (Å²) < 4.78 is 0. The van der Waals surface area contributed by atoms with Crippen molar-refractivity contribution in [3.8, 4) is 0 Å². The first-order valence-electron chi connectivity index (χ1n) is 4.52. The molecule has 0 bridgehead atoms. The summed E-state index contributed by atoms with van der Waals surface area (Å²) in [5, 5.41) is 3.61. The lowest BCUT2D eigenvalue weighted by Crippen LogP contribution is -2.22. The van der Waals surface area contributed by atoms with Gasteiger partial charge in [0.1, 0.15) is 0 Å². The van der Waals surface area contributed by atoms with E-state index in [0.29, 0.717) is 13.0 Å². The van der Waals surface area contributed by atoms with E-state index in [9.17, 15) is 4.79 Å². The number of hydrogen-bond acceptors (Lipinski definition) is 2. The molecule has 2 nitrogen and oxygen atoms in total. The molecule has 78 valence electrons. The van der Waals surface area contributed by atoms with Crippen molar-refractivity contribution in [3.63, 3.8) is 0 Å². The molecule has 0 fully saturated rings. The standard InChI is InChI=1S/C10H14BrNOS/c1-7-5-9(14-8(7)2)6-12-10(13)3-4-11/h5H,3-4,6H2,1-2H3,(H,12,13). The van der Waals surface area contributed by atoms with Gasteiger partial charge in [0, 0.05) is 21.5 Å². The number of hydrogen-bond donors (Lipinski definition) is 1. The monoisotopic (exact) mass is 275 g/mol. The van der Waals surface area contributed by atoms with Crippen molar-refractivity contribution in [3.05, 3.63) is 21.4 Å². The van der Waals surface area contributed by atoms with Crippen LogP contribution in [0.15, 0.2) is 6.07 Å². The summed E-state index contributed by atoms with van der Waals surface area (Å²) in [5.41, 5.74) is 1.31. The number of rotatable bonds is 4. The van der Waals surface area contributed by atoms with Crippen molar-refractivity contribution < 1.29 is 4.79 Å². The lowest BCUT2D eigenvalue weighted by Gasteiger charge is -2.00. The maximum atomic E-state index is 11.2. The van der Waals surface area contributed by atoms with Crippen LogP contribution >= 0.6 is 27.3 Å². The summed E-state index contributed by atoms with van der Waals surface area (Å²) in [4.78, 5) is 13.7. The minimum Gasteiger partial charge on any atom is -0.351 e. The Morgan fingerprint density at radius 1 is 1.57 bits per heavy atom. The molecule has 0 saturated carbocycles. The first-order chi connectivity index (χ1) is 6.63. The van der Waals surface area contributed by atoms with Crippen molar-refractivity contribution in [1.82, 2.24) is 5.32 Å². The van der Waals surface area contributed by atoms with Crippen LogP contribution < -0.4 is 5.32 Å². The van der Waals surface area contributed by atoms with Crippen molar-refractivity contribution >= 4 is 33.2 Å². The smallest absolute Gasteiger partial charge is 0.221 e. The van der Waals surface area contributed by atoms with Gasteiger partial charge in [0.15, 0.2) is 0 Å². The number of thiophene rings is 1. The van der Waals surface area contributed by atoms with E-state index < -0.39 is 0 Å².